The number of aliphatic hydroxyl groups is 2. The summed E-state index contributed by atoms with van der Waals surface area (Å²) in [7, 11) is -1.76. The lowest BCUT2D eigenvalue weighted by molar-refractivity contribution is -0.123. The zero-order valence-electron chi connectivity index (χ0n) is 25.2. The topological polar surface area (TPSA) is 139 Å². The normalized spacial score (nSPS) is 21.0. The van der Waals surface area contributed by atoms with E-state index in [0.717, 1.165) is 21.6 Å². The molecule has 1 heterocycles. The number of halogens is 1. The Morgan fingerprint density at radius 2 is 1.76 bits per heavy atom. The van der Waals surface area contributed by atoms with E-state index in [1.165, 1.54) is 18.2 Å². The molecule has 3 aromatic carbocycles. The summed E-state index contributed by atoms with van der Waals surface area (Å²) in [5.74, 6) is -3.20. The minimum absolute atomic E-state index is 0.0468. The average molecular weight is 630 g/mol. The Hall–Kier alpha value is -3.73. The number of carbonyl (C=O) groups is 2. The van der Waals surface area contributed by atoms with Gasteiger partial charge in [0.1, 0.15) is 5.75 Å². The van der Waals surface area contributed by atoms with Gasteiger partial charge in [-0.3, -0.25) is 14.5 Å². The molecule has 10 heteroatoms. The van der Waals surface area contributed by atoms with E-state index < -0.39 is 49.4 Å². The zero-order chi connectivity index (χ0) is 32.4. The number of hydrogen-bond donors (Lipinski definition) is 5. The highest BCUT2D eigenvalue weighted by molar-refractivity contribution is 6.58. The zero-order valence-corrected chi connectivity index (χ0v) is 25.9. The van der Waals surface area contributed by atoms with E-state index in [9.17, 15) is 35.0 Å². The van der Waals surface area contributed by atoms with Crippen molar-refractivity contribution in [1.29, 1.82) is 0 Å². The first-order chi connectivity index (χ1) is 21.5. The number of amides is 2. The van der Waals surface area contributed by atoms with Gasteiger partial charge in [0.05, 0.1) is 35.3 Å². The van der Waals surface area contributed by atoms with Gasteiger partial charge in [-0.25, -0.2) is 0 Å². The molecule has 0 unspecified atom stereocenters. The standard InChI is InChI=1S/C35H37BClNO7/c1-20(2)27-18-28-33(35(43)38(34(28)42)25-10-6-9-24(16-25)36(44)45)29(19-39)32(27)31(41)14-12-22(21-7-4-3-5-8-21)15-23-11-13-26(40)17-30(23)37/h3-11,13,15-17,20,28-29,31,33,39-41,44-45H,12,14,18-19H2,1-2H3/b22-15-/t28-,29+,31-,33-/m1/s1. The fourth-order valence-electron chi connectivity index (χ4n) is 6.74. The van der Waals surface area contributed by atoms with Gasteiger partial charge in [-0.15, -0.1) is 0 Å². The van der Waals surface area contributed by atoms with Crippen LogP contribution in [0, 0.1) is 23.7 Å². The van der Waals surface area contributed by atoms with Crippen LogP contribution in [0.1, 0.15) is 44.2 Å². The van der Waals surface area contributed by atoms with Crippen molar-refractivity contribution in [3.63, 3.8) is 0 Å². The lowest BCUT2D eigenvalue weighted by Gasteiger charge is -2.38. The Balaban J connectivity index is 1.46. The third-order valence-corrected chi connectivity index (χ3v) is 9.27. The molecule has 1 aliphatic carbocycles. The molecular formula is C35H37BClNO7. The van der Waals surface area contributed by atoms with E-state index in [0.29, 0.717) is 22.6 Å². The highest BCUT2D eigenvalue weighted by Gasteiger charge is 2.55. The molecule has 8 nitrogen and oxygen atoms in total. The molecule has 2 aliphatic rings. The van der Waals surface area contributed by atoms with Crippen LogP contribution >= 0.6 is 11.6 Å². The number of carbonyl (C=O) groups excluding carboxylic acids is 2. The summed E-state index contributed by atoms with van der Waals surface area (Å²) >= 11 is 6.42. The number of aliphatic hydroxyl groups excluding tert-OH is 2. The Kier molecular flexibility index (Phi) is 9.96. The van der Waals surface area contributed by atoms with Crippen LogP contribution in [0.3, 0.4) is 0 Å². The van der Waals surface area contributed by atoms with E-state index in [1.807, 2.05) is 50.3 Å². The number of nitrogens with zero attached hydrogens (tertiary/aromatic N) is 1. The molecule has 1 saturated heterocycles. The Morgan fingerprint density at radius 1 is 1.02 bits per heavy atom. The molecule has 0 radical (unpaired) electrons. The fraction of sp³-hybridized carbons (Fsp3) is 0.314. The number of benzene rings is 3. The second-order valence-corrected chi connectivity index (χ2v) is 12.4. The molecular weight excluding hydrogens is 593 g/mol. The first-order valence-corrected chi connectivity index (χ1v) is 15.5. The van der Waals surface area contributed by atoms with Crippen molar-refractivity contribution in [2.45, 2.75) is 39.2 Å². The molecule has 234 valence electrons. The first kappa shape index (κ1) is 32.7. The van der Waals surface area contributed by atoms with E-state index in [1.54, 1.807) is 24.3 Å². The maximum Gasteiger partial charge on any atom is 0.488 e. The quantitative estimate of drug-likeness (QED) is 0.0982. The minimum Gasteiger partial charge on any atom is -0.508 e. The highest BCUT2D eigenvalue weighted by atomic mass is 35.5. The average Bonchev–Trinajstić information content (AvgIpc) is 3.28. The van der Waals surface area contributed by atoms with Crippen molar-refractivity contribution in [2.75, 3.05) is 11.5 Å². The second kappa shape index (κ2) is 13.7. The second-order valence-electron chi connectivity index (χ2n) is 12.0. The summed E-state index contributed by atoms with van der Waals surface area (Å²) in [6.07, 6.45) is 1.94. The van der Waals surface area contributed by atoms with E-state index in [2.05, 4.69) is 0 Å². The monoisotopic (exact) mass is 629 g/mol. The summed E-state index contributed by atoms with van der Waals surface area (Å²) < 4.78 is 0. The number of phenols is 1. The van der Waals surface area contributed by atoms with Crippen LogP contribution < -0.4 is 10.4 Å². The van der Waals surface area contributed by atoms with Gasteiger partial charge in [0.15, 0.2) is 0 Å². The lowest BCUT2D eigenvalue weighted by Crippen LogP contribution is -2.40. The molecule has 45 heavy (non-hydrogen) atoms. The van der Waals surface area contributed by atoms with Gasteiger partial charge >= 0.3 is 7.12 Å². The number of anilines is 1. The first-order valence-electron chi connectivity index (χ1n) is 15.1. The Morgan fingerprint density at radius 3 is 2.40 bits per heavy atom. The van der Waals surface area contributed by atoms with Crippen LogP contribution in [0.15, 0.2) is 83.9 Å². The van der Waals surface area contributed by atoms with Crippen LogP contribution in [-0.4, -0.2) is 57.0 Å². The van der Waals surface area contributed by atoms with Crippen LogP contribution in [0.2, 0.25) is 5.02 Å². The third kappa shape index (κ3) is 6.64. The van der Waals surface area contributed by atoms with E-state index in [4.69, 9.17) is 11.6 Å². The van der Waals surface area contributed by atoms with Crippen molar-refractivity contribution in [3.05, 3.63) is 100 Å². The van der Waals surface area contributed by atoms with Gasteiger partial charge in [0.2, 0.25) is 11.8 Å². The van der Waals surface area contributed by atoms with Gasteiger partial charge in [0.25, 0.3) is 0 Å². The number of aromatic hydroxyl groups is 1. The van der Waals surface area contributed by atoms with Gasteiger partial charge in [-0.05, 0) is 89.3 Å². The smallest absolute Gasteiger partial charge is 0.488 e. The van der Waals surface area contributed by atoms with Crippen LogP contribution in [0.25, 0.3) is 11.6 Å². The predicted octanol–water partition coefficient (Wildman–Crippen LogP) is 4.18. The van der Waals surface area contributed by atoms with E-state index >= 15 is 0 Å². The molecule has 1 fully saturated rings. The van der Waals surface area contributed by atoms with Gasteiger partial charge in [-0.2, -0.15) is 0 Å². The number of rotatable bonds is 10. The summed E-state index contributed by atoms with van der Waals surface area (Å²) in [5, 5.41) is 52.0. The largest absolute Gasteiger partial charge is 0.508 e. The number of fused-ring (bicyclic) bond motifs is 1. The fourth-order valence-corrected chi connectivity index (χ4v) is 6.97. The molecule has 0 spiro atoms. The maximum absolute atomic E-state index is 13.9. The molecule has 4 atom stereocenters. The van der Waals surface area contributed by atoms with Crippen LogP contribution in [0.5, 0.6) is 5.75 Å². The van der Waals surface area contributed by atoms with Gasteiger partial charge in [0, 0.05) is 5.92 Å². The summed E-state index contributed by atoms with van der Waals surface area (Å²) in [6.45, 7) is 3.53. The third-order valence-electron chi connectivity index (χ3n) is 8.94. The predicted molar refractivity (Wildman–Crippen MR) is 175 cm³/mol. The molecule has 0 saturated carbocycles. The molecule has 3 aromatic rings. The Labute approximate surface area is 268 Å². The van der Waals surface area contributed by atoms with Gasteiger partial charge < -0.3 is 25.4 Å². The van der Waals surface area contributed by atoms with Crippen molar-refractivity contribution < 1.29 is 35.0 Å². The molecule has 0 bridgehead atoms. The number of hydrogen-bond acceptors (Lipinski definition) is 7. The lowest BCUT2D eigenvalue weighted by atomic mass is 9.66. The molecule has 2 amide bonds. The van der Waals surface area contributed by atoms with E-state index in [-0.39, 0.29) is 35.7 Å². The number of allylic oxidation sites excluding steroid dienone is 2. The summed E-state index contributed by atoms with van der Waals surface area (Å²) in [5.41, 5.74) is 4.41. The SMILES string of the molecule is CC(C)C1=C([C@H](O)CC/C(=C/c2ccc(O)cc2Cl)c2ccccc2)[C@H](CO)[C@@H]2C(=O)N(c3cccc(B(O)O)c3)C(=O)[C@@H]2C1. The number of imide groups is 1. The Bertz CT molecular complexity index is 1640. The minimum atomic E-state index is -1.76. The summed E-state index contributed by atoms with van der Waals surface area (Å²) in [4.78, 5) is 28.7. The number of phenolic OH excluding ortho intramolecular Hbond substituents is 1. The van der Waals surface area contributed by atoms with Crippen LogP contribution in [-0.2, 0) is 9.59 Å². The molecule has 0 aromatic heterocycles. The van der Waals surface area contributed by atoms with Crippen LogP contribution in [0.4, 0.5) is 5.69 Å². The highest BCUT2D eigenvalue weighted by Crippen LogP contribution is 2.49. The van der Waals surface area contributed by atoms with Crippen molar-refractivity contribution >= 4 is 53.3 Å². The van der Waals surface area contributed by atoms with Gasteiger partial charge in [-0.1, -0.05) is 73.5 Å². The molecule has 5 N–H and O–H groups in total. The van der Waals surface area contributed by atoms with Crippen molar-refractivity contribution in [2.24, 2.45) is 23.7 Å². The molecule has 1 aliphatic heterocycles. The van der Waals surface area contributed by atoms with Crippen molar-refractivity contribution in [1.82, 2.24) is 0 Å². The maximum atomic E-state index is 13.9. The summed E-state index contributed by atoms with van der Waals surface area (Å²) in [6, 6.07) is 20.5. The van der Waals surface area contributed by atoms with Crippen molar-refractivity contribution in [3.8, 4) is 5.75 Å². The molecule has 5 rings (SSSR count).